The fraction of sp³-hybridized carbons (Fsp3) is 0.609. The molecule has 0 aromatic heterocycles. The molecule has 1 aromatic rings. The number of unbranched alkanes of at least 4 members (excludes halogenated alkanes) is 2. The molecule has 0 heterocycles. The van der Waals surface area contributed by atoms with Gasteiger partial charge in [0.25, 0.3) is 0 Å². The van der Waals surface area contributed by atoms with Crippen molar-refractivity contribution < 1.29 is 24.4 Å². The monoisotopic (exact) mass is 488 g/mol. The van der Waals surface area contributed by atoms with Gasteiger partial charge in [-0.1, -0.05) is 44.9 Å². The maximum Gasteiger partial charge on any atom is 0.488 e. The molecule has 0 fully saturated rings. The molecule has 0 aliphatic heterocycles. The lowest BCUT2D eigenvalue weighted by atomic mass is 9.71. The van der Waals surface area contributed by atoms with Crippen LogP contribution in [-0.4, -0.2) is 54.5 Å². The van der Waals surface area contributed by atoms with Gasteiger partial charge in [-0.2, -0.15) is 0 Å². The Morgan fingerprint density at radius 2 is 1.71 bits per heavy atom. The van der Waals surface area contributed by atoms with Crippen LogP contribution in [0.25, 0.3) is 10.4 Å². The van der Waals surface area contributed by atoms with Gasteiger partial charge < -0.3 is 26.0 Å². The summed E-state index contributed by atoms with van der Waals surface area (Å²) >= 11 is 0. The summed E-state index contributed by atoms with van der Waals surface area (Å²) in [6, 6.07) is 6.35. The summed E-state index contributed by atoms with van der Waals surface area (Å²) in [6.07, 6.45) is 3.13. The molecule has 3 amide bonds. The Balaban J connectivity index is 2.54. The topological polar surface area (TPSA) is 177 Å². The smallest absolute Gasteiger partial charge is 0.423 e. The van der Waals surface area contributed by atoms with Gasteiger partial charge in [0.05, 0.1) is 0 Å². The third-order valence-electron chi connectivity index (χ3n) is 5.96. The largest absolute Gasteiger partial charge is 0.488 e. The number of carbonyl (C=O) groups excluding carboxylic acids is 3. The predicted molar refractivity (Wildman–Crippen MR) is 136 cm³/mol. The molecule has 35 heavy (non-hydrogen) atoms. The van der Waals surface area contributed by atoms with E-state index in [0.717, 1.165) is 19.3 Å². The highest BCUT2D eigenvalue weighted by Gasteiger charge is 2.40. The van der Waals surface area contributed by atoms with E-state index < -0.39 is 17.9 Å². The van der Waals surface area contributed by atoms with Crippen LogP contribution >= 0.6 is 0 Å². The van der Waals surface area contributed by atoms with Crippen LogP contribution in [0.1, 0.15) is 59.8 Å². The first-order valence-corrected chi connectivity index (χ1v) is 11.8. The highest BCUT2D eigenvalue weighted by atomic mass is 16.4. The Morgan fingerprint density at radius 3 is 2.31 bits per heavy atom. The van der Waals surface area contributed by atoms with Gasteiger partial charge in [0.2, 0.25) is 17.7 Å². The summed E-state index contributed by atoms with van der Waals surface area (Å²) < 4.78 is 0. The van der Waals surface area contributed by atoms with Crippen molar-refractivity contribution in [1.29, 1.82) is 0 Å². The van der Waals surface area contributed by atoms with Crippen LogP contribution in [0.5, 0.6) is 0 Å². The van der Waals surface area contributed by atoms with Crippen molar-refractivity contribution in [3.8, 4) is 0 Å². The van der Waals surface area contributed by atoms with E-state index >= 15 is 0 Å². The van der Waals surface area contributed by atoms with Gasteiger partial charge in [0.15, 0.2) is 0 Å². The number of nitrogens with one attached hydrogen (secondary N) is 3. The first kappa shape index (κ1) is 30.0. The van der Waals surface area contributed by atoms with Crippen LogP contribution in [0.4, 0.5) is 5.69 Å². The fourth-order valence-corrected chi connectivity index (χ4v) is 3.73. The van der Waals surface area contributed by atoms with E-state index in [1.807, 2.05) is 27.7 Å². The minimum Gasteiger partial charge on any atom is -0.423 e. The van der Waals surface area contributed by atoms with E-state index in [1.165, 1.54) is 6.07 Å². The third-order valence-corrected chi connectivity index (χ3v) is 5.96. The summed E-state index contributed by atoms with van der Waals surface area (Å²) in [5, 5.41) is 30.3. The zero-order valence-corrected chi connectivity index (χ0v) is 21.0. The van der Waals surface area contributed by atoms with E-state index in [4.69, 9.17) is 5.53 Å². The molecule has 0 spiro atoms. The number of nitrogens with zero attached hydrogens (tertiary/aromatic N) is 3. The van der Waals surface area contributed by atoms with Gasteiger partial charge in [-0.05, 0) is 55.2 Å². The van der Waals surface area contributed by atoms with Crippen molar-refractivity contribution in [2.45, 2.75) is 59.8 Å². The van der Waals surface area contributed by atoms with E-state index in [0.29, 0.717) is 31.6 Å². The molecular formula is C23H37BN6O5. The van der Waals surface area contributed by atoms with Crippen molar-refractivity contribution >= 4 is 36.0 Å². The summed E-state index contributed by atoms with van der Waals surface area (Å²) in [7, 11) is -1.63. The average molecular weight is 488 g/mol. The quantitative estimate of drug-likeness (QED) is 0.0831. The lowest BCUT2D eigenvalue weighted by Gasteiger charge is -2.35. The van der Waals surface area contributed by atoms with Gasteiger partial charge in [0.1, 0.15) is 6.54 Å². The van der Waals surface area contributed by atoms with Crippen LogP contribution < -0.4 is 21.4 Å². The molecule has 1 rings (SSSR count). The number of hydrogen-bond acceptors (Lipinski definition) is 6. The fourth-order valence-electron chi connectivity index (χ4n) is 3.73. The minimum atomic E-state index is -1.63. The van der Waals surface area contributed by atoms with Crippen LogP contribution in [0.15, 0.2) is 29.4 Å². The summed E-state index contributed by atoms with van der Waals surface area (Å²) in [5.41, 5.74) is 7.30. The van der Waals surface area contributed by atoms with Crippen molar-refractivity contribution in [3.63, 3.8) is 0 Å². The molecule has 192 valence electrons. The Morgan fingerprint density at radius 1 is 1.06 bits per heavy atom. The Kier molecular flexibility index (Phi) is 12.3. The molecule has 0 aliphatic carbocycles. The summed E-state index contributed by atoms with van der Waals surface area (Å²) in [5.74, 6) is -0.703. The van der Waals surface area contributed by atoms with Crippen LogP contribution in [0.3, 0.4) is 0 Å². The van der Waals surface area contributed by atoms with Crippen LogP contribution in [-0.2, 0) is 14.4 Å². The number of amides is 3. The Bertz CT molecular complexity index is 919. The van der Waals surface area contributed by atoms with Gasteiger partial charge in [-0.3, -0.25) is 14.4 Å². The second-order valence-corrected chi connectivity index (χ2v) is 9.48. The van der Waals surface area contributed by atoms with Gasteiger partial charge in [-0.15, -0.1) is 0 Å². The second-order valence-electron chi connectivity index (χ2n) is 9.48. The van der Waals surface area contributed by atoms with Crippen molar-refractivity contribution in [3.05, 3.63) is 34.7 Å². The molecule has 1 unspecified atom stereocenters. The van der Waals surface area contributed by atoms with Crippen molar-refractivity contribution in [2.24, 2.45) is 15.9 Å². The van der Waals surface area contributed by atoms with Gasteiger partial charge >= 0.3 is 7.12 Å². The average Bonchev–Trinajstić information content (AvgIpc) is 2.81. The lowest BCUT2D eigenvalue weighted by Crippen LogP contribution is -2.44. The molecule has 0 radical (unpaired) electrons. The molecular weight excluding hydrogens is 451 g/mol. The standard InChI is InChI=1S/C23H37BN6O5/c1-5-23(4,21(33)29-18-11-9-10-17(14-18)24(34)35)16-22(2,3)20(32)27-13-8-6-7-12-26-19(31)15-28-30-25/h9-11,14,34-35H,5-8,12-13,15-16H2,1-4H3,(H,26,31)(H,27,32)(H,29,33). The van der Waals surface area contributed by atoms with Crippen LogP contribution in [0.2, 0.25) is 0 Å². The molecule has 0 bridgehead atoms. The van der Waals surface area contributed by atoms with E-state index in [2.05, 4.69) is 26.0 Å². The molecule has 1 atom stereocenters. The van der Waals surface area contributed by atoms with E-state index in [9.17, 15) is 24.4 Å². The zero-order chi connectivity index (χ0) is 26.5. The second kappa shape index (κ2) is 14.4. The molecule has 0 aliphatic rings. The third kappa shape index (κ3) is 10.4. The van der Waals surface area contributed by atoms with Gasteiger partial charge in [0, 0.05) is 34.5 Å². The summed E-state index contributed by atoms with van der Waals surface area (Å²) in [4.78, 5) is 39.8. The highest BCUT2D eigenvalue weighted by Crippen LogP contribution is 2.37. The minimum absolute atomic E-state index is 0.141. The first-order chi connectivity index (χ1) is 16.4. The number of anilines is 1. The Labute approximate surface area is 206 Å². The van der Waals surface area contributed by atoms with E-state index in [-0.39, 0.29) is 29.7 Å². The molecule has 12 heteroatoms. The number of benzene rings is 1. The normalized spacial score (nSPS) is 12.6. The maximum absolute atomic E-state index is 13.1. The molecule has 0 saturated carbocycles. The van der Waals surface area contributed by atoms with Crippen molar-refractivity contribution in [2.75, 3.05) is 25.0 Å². The maximum atomic E-state index is 13.1. The van der Waals surface area contributed by atoms with Crippen LogP contribution in [0, 0.1) is 10.8 Å². The number of rotatable bonds is 15. The predicted octanol–water partition coefficient (Wildman–Crippen LogP) is 1.85. The molecule has 1 aromatic carbocycles. The number of azide groups is 1. The number of carbonyl (C=O) groups is 3. The first-order valence-electron chi connectivity index (χ1n) is 11.8. The SMILES string of the molecule is CCC(C)(CC(C)(C)C(=O)NCCCCCNC(=O)CN=[N+]=[N-])C(=O)Nc1cccc(B(O)O)c1. The molecule has 5 N–H and O–H groups in total. The number of hydrogen-bond donors (Lipinski definition) is 5. The summed E-state index contributed by atoms with van der Waals surface area (Å²) in [6.45, 7) is 8.08. The van der Waals surface area contributed by atoms with E-state index in [1.54, 1.807) is 18.2 Å². The van der Waals surface area contributed by atoms with Gasteiger partial charge in [-0.25, -0.2) is 0 Å². The Hall–Kier alpha value is -3.08. The highest BCUT2D eigenvalue weighted by molar-refractivity contribution is 6.58. The molecule has 11 nitrogen and oxygen atoms in total. The molecule has 0 saturated heterocycles. The van der Waals surface area contributed by atoms with Crippen molar-refractivity contribution in [1.82, 2.24) is 10.6 Å². The zero-order valence-electron chi connectivity index (χ0n) is 21.0. The lowest BCUT2D eigenvalue weighted by molar-refractivity contribution is -0.134.